The van der Waals surface area contributed by atoms with Gasteiger partial charge in [0.15, 0.2) is 0 Å². The molecule has 0 spiro atoms. The van der Waals surface area contributed by atoms with Crippen LogP contribution in [0.2, 0.25) is 0 Å². The van der Waals surface area contributed by atoms with Gasteiger partial charge in [0.25, 0.3) is 5.91 Å². The van der Waals surface area contributed by atoms with E-state index < -0.39 is 11.6 Å². The van der Waals surface area contributed by atoms with Crippen molar-refractivity contribution in [1.29, 1.82) is 0 Å². The minimum Gasteiger partial charge on any atom is -0.490 e. The van der Waals surface area contributed by atoms with Gasteiger partial charge in [0.2, 0.25) is 0 Å². The zero-order valence-corrected chi connectivity index (χ0v) is 16.0. The Balaban J connectivity index is 3.09. The Labute approximate surface area is 149 Å². The van der Waals surface area contributed by atoms with E-state index in [-0.39, 0.29) is 17.6 Å². The summed E-state index contributed by atoms with van der Waals surface area (Å²) in [7, 11) is 1.31. The first-order chi connectivity index (χ1) is 11.8. The molecule has 1 aromatic rings. The highest BCUT2D eigenvalue weighted by atomic mass is 16.5. The molecular formula is C19H29NO5. The number of ether oxygens (including phenoxy) is 3. The fourth-order valence-electron chi connectivity index (χ4n) is 2.19. The highest BCUT2D eigenvalue weighted by Gasteiger charge is 2.32. The van der Waals surface area contributed by atoms with Crippen LogP contribution in [0.4, 0.5) is 5.69 Å². The van der Waals surface area contributed by atoms with E-state index in [0.717, 1.165) is 6.42 Å². The Kier molecular flexibility index (Phi) is 7.90. The molecule has 1 N–H and O–H groups in total. The topological polar surface area (TPSA) is 73.9 Å². The Bertz CT molecular complexity index is 601. The summed E-state index contributed by atoms with van der Waals surface area (Å²) in [5, 5.41) is 2.80. The van der Waals surface area contributed by atoms with Crippen LogP contribution in [0.15, 0.2) is 18.2 Å². The fraction of sp³-hybridized carbons (Fsp3) is 0.579. The van der Waals surface area contributed by atoms with Crippen LogP contribution in [0.25, 0.3) is 0 Å². The number of nitrogens with one attached hydrogen (secondary N) is 1. The van der Waals surface area contributed by atoms with Gasteiger partial charge < -0.3 is 19.5 Å². The Morgan fingerprint density at radius 1 is 1.24 bits per heavy atom. The van der Waals surface area contributed by atoms with E-state index in [1.807, 2.05) is 27.7 Å². The molecule has 1 rings (SSSR count). The Hall–Kier alpha value is -2.08. The highest BCUT2D eigenvalue weighted by Crippen LogP contribution is 2.26. The smallest absolute Gasteiger partial charge is 0.341 e. The van der Waals surface area contributed by atoms with Crippen molar-refractivity contribution in [3.63, 3.8) is 0 Å². The predicted molar refractivity (Wildman–Crippen MR) is 97.1 cm³/mol. The van der Waals surface area contributed by atoms with Crippen LogP contribution in [0.5, 0.6) is 5.75 Å². The van der Waals surface area contributed by atoms with Crippen molar-refractivity contribution in [3.05, 3.63) is 23.8 Å². The fourth-order valence-corrected chi connectivity index (χ4v) is 2.19. The molecule has 2 atom stereocenters. The third-order valence-corrected chi connectivity index (χ3v) is 4.16. The van der Waals surface area contributed by atoms with Crippen molar-refractivity contribution < 1.29 is 23.8 Å². The first-order valence-electron chi connectivity index (χ1n) is 8.65. The number of amides is 1. The quantitative estimate of drug-likeness (QED) is 0.685. The molecule has 0 fully saturated rings. The number of methoxy groups -OCH3 is 1. The minimum absolute atomic E-state index is 0.0369. The number of rotatable bonds is 9. The predicted octanol–water partition coefficient (Wildman–Crippen LogP) is 3.79. The van der Waals surface area contributed by atoms with Crippen LogP contribution < -0.4 is 10.1 Å². The largest absolute Gasteiger partial charge is 0.490 e. The Morgan fingerprint density at radius 2 is 1.92 bits per heavy atom. The van der Waals surface area contributed by atoms with Gasteiger partial charge in [-0.15, -0.1) is 0 Å². The van der Waals surface area contributed by atoms with Gasteiger partial charge in [-0.05, 0) is 51.8 Å². The normalized spacial score (nSPS) is 14.3. The number of hydrogen-bond donors (Lipinski definition) is 1. The molecule has 0 aliphatic rings. The summed E-state index contributed by atoms with van der Waals surface area (Å²) < 4.78 is 16.2. The number of carbonyl (C=O) groups is 2. The lowest BCUT2D eigenvalue weighted by molar-refractivity contribution is -0.139. The Morgan fingerprint density at radius 3 is 2.44 bits per heavy atom. The van der Waals surface area contributed by atoms with Crippen LogP contribution in [0.3, 0.4) is 0 Å². The molecule has 0 saturated carbocycles. The van der Waals surface area contributed by atoms with Gasteiger partial charge in [0.05, 0.1) is 13.2 Å². The van der Waals surface area contributed by atoms with Crippen molar-refractivity contribution in [3.8, 4) is 5.75 Å². The molecular weight excluding hydrogens is 322 g/mol. The molecule has 0 heterocycles. The van der Waals surface area contributed by atoms with Gasteiger partial charge in [-0.1, -0.05) is 13.8 Å². The first-order valence-corrected chi connectivity index (χ1v) is 8.65. The van der Waals surface area contributed by atoms with Crippen molar-refractivity contribution in [1.82, 2.24) is 0 Å². The average Bonchev–Trinajstić information content (AvgIpc) is 2.61. The molecule has 6 nitrogen and oxygen atoms in total. The zero-order valence-electron chi connectivity index (χ0n) is 16.0. The maximum absolute atomic E-state index is 12.5. The SMILES string of the molecule is CCO[C@@](C)(CC)C(=O)Nc1ccc(O[C@H](C)CC)c(C(=O)OC)c1. The summed E-state index contributed by atoms with van der Waals surface area (Å²) in [4.78, 5) is 24.6. The molecule has 0 bridgehead atoms. The van der Waals surface area contributed by atoms with E-state index in [4.69, 9.17) is 14.2 Å². The molecule has 0 unspecified atom stereocenters. The van der Waals surface area contributed by atoms with Crippen LogP contribution in [0.1, 0.15) is 57.8 Å². The number of hydrogen-bond acceptors (Lipinski definition) is 5. The van der Waals surface area contributed by atoms with Gasteiger partial charge >= 0.3 is 5.97 Å². The van der Waals surface area contributed by atoms with Crippen LogP contribution in [0, 0.1) is 0 Å². The number of benzene rings is 1. The maximum atomic E-state index is 12.5. The van der Waals surface area contributed by atoms with Crippen molar-refractivity contribution in [2.75, 3.05) is 19.0 Å². The highest BCUT2D eigenvalue weighted by molar-refractivity contribution is 5.99. The second-order valence-corrected chi connectivity index (χ2v) is 6.01. The first kappa shape index (κ1) is 21.0. The number of anilines is 1. The second-order valence-electron chi connectivity index (χ2n) is 6.01. The molecule has 1 aromatic carbocycles. The van der Waals surface area contributed by atoms with E-state index in [0.29, 0.717) is 24.5 Å². The lowest BCUT2D eigenvalue weighted by Gasteiger charge is -2.27. The lowest BCUT2D eigenvalue weighted by Crippen LogP contribution is -2.42. The minimum atomic E-state index is -0.925. The third kappa shape index (κ3) is 5.46. The molecule has 0 aliphatic carbocycles. The monoisotopic (exact) mass is 351 g/mol. The van der Waals surface area contributed by atoms with E-state index in [1.165, 1.54) is 7.11 Å². The van der Waals surface area contributed by atoms with Gasteiger partial charge in [-0.2, -0.15) is 0 Å². The summed E-state index contributed by atoms with van der Waals surface area (Å²) in [6.07, 6.45) is 1.30. The van der Waals surface area contributed by atoms with Gasteiger partial charge in [0.1, 0.15) is 16.9 Å². The number of esters is 1. The molecule has 0 radical (unpaired) electrons. The summed E-state index contributed by atoms with van der Waals surface area (Å²) in [5.41, 5.74) is -0.164. The summed E-state index contributed by atoms with van der Waals surface area (Å²) in [6.45, 7) is 9.83. The van der Waals surface area contributed by atoms with Crippen LogP contribution >= 0.6 is 0 Å². The van der Waals surface area contributed by atoms with Gasteiger partial charge in [-0.25, -0.2) is 4.79 Å². The molecule has 140 valence electrons. The number of carbonyl (C=O) groups excluding carboxylic acids is 2. The standard InChI is InChI=1S/C19H29NO5/c1-7-13(4)25-16-11-10-14(12-15(16)17(21)23-6)20-18(22)19(5,8-2)24-9-3/h10-13H,7-9H2,1-6H3,(H,20,22)/t13-,19+/m1/s1. The summed E-state index contributed by atoms with van der Waals surface area (Å²) >= 11 is 0. The zero-order chi connectivity index (χ0) is 19.0. The molecule has 0 aliphatic heterocycles. The lowest BCUT2D eigenvalue weighted by atomic mass is 10.0. The third-order valence-electron chi connectivity index (χ3n) is 4.16. The van der Waals surface area contributed by atoms with E-state index in [1.54, 1.807) is 25.1 Å². The molecule has 0 aromatic heterocycles. The van der Waals surface area contributed by atoms with Gasteiger partial charge in [-0.3, -0.25) is 4.79 Å². The van der Waals surface area contributed by atoms with E-state index in [9.17, 15) is 9.59 Å². The molecule has 0 saturated heterocycles. The van der Waals surface area contributed by atoms with Crippen LogP contribution in [-0.4, -0.2) is 37.3 Å². The average molecular weight is 351 g/mol. The summed E-state index contributed by atoms with van der Waals surface area (Å²) in [5.74, 6) is -0.344. The van der Waals surface area contributed by atoms with E-state index in [2.05, 4.69) is 5.32 Å². The van der Waals surface area contributed by atoms with Crippen molar-refractivity contribution >= 4 is 17.6 Å². The maximum Gasteiger partial charge on any atom is 0.341 e. The van der Waals surface area contributed by atoms with Crippen LogP contribution in [-0.2, 0) is 14.3 Å². The second kappa shape index (κ2) is 9.42. The van der Waals surface area contributed by atoms with E-state index >= 15 is 0 Å². The molecule has 6 heteroatoms. The molecule has 1 amide bonds. The summed E-state index contributed by atoms with van der Waals surface area (Å²) in [6, 6.07) is 4.92. The van der Waals surface area contributed by atoms with Crippen molar-refractivity contribution in [2.24, 2.45) is 0 Å². The molecule has 25 heavy (non-hydrogen) atoms. The van der Waals surface area contributed by atoms with Gasteiger partial charge in [0, 0.05) is 12.3 Å². The van der Waals surface area contributed by atoms with Crippen molar-refractivity contribution in [2.45, 2.75) is 59.2 Å².